The summed E-state index contributed by atoms with van der Waals surface area (Å²) < 4.78 is 7.00. The Labute approximate surface area is 129 Å². The number of nitrogens with one attached hydrogen (secondary N) is 1. The lowest BCUT2D eigenvalue weighted by Gasteiger charge is -2.45. The Morgan fingerprint density at radius 1 is 1.45 bits per heavy atom. The zero-order valence-electron chi connectivity index (χ0n) is 11.9. The second-order valence-electron chi connectivity index (χ2n) is 5.62. The van der Waals surface area contributed by atoms with Crippen LogP contribution in [0.1, 0.15) is 31.2 Å². The Morgan fingerprint density at radius 2 is 2.30 bits per heavy atom. The van der Waals surface area contributed by atoms with Crippen molar-refractivity contribution >= 4 is 21.7 Å². The molecule has 110 valence electrons. The first-order valence-corrected chi connectivity index (χ1v) is 8.26. The van der Waals surface area contributed by atoms with E-state index in [1.807, 2.05) is 13.2 Å². The SMILES string of the molecule is CNCc1cc(Br)cnc1N1CCOC2CCCCC21. The molecule has 0 spiro atoms. The van der Waals surface area contributed by atoms with Gasteiger partial charge in [-0.1, -0.05) is 12.8 Å². The van der Waals surface area contributed by atoms with Gasteiger partial charge in [-0.15, -0.1) is 0 Å². The fourth-order valence-corrected chi connectivity index (χ4v) is 3.79. The molecule has 2 heterocycles. The van der Waals surface area contributed by atoms with E-state index in [9.17, 15) is 0 Å². The molecule has 1 aliphatic carbocycles. The van der Waals surface area contributed by atoms with E-state index in [0.717, 1.165) is 30.0 Å². The summed E-state index contributed by atoms with van der Waals surface area (Å²) >= 11 is 3.53. The summed E-state index contributed by atoms with van der Waals surface area (Å²) in [6.45, 7) is 2.61. The quantitative estimate of drug-likeness (QED) is 0.918. The Morgan fingerprint density at radius 3 is 3.15 bits per heavy atom. The maximum Gasteiger partial charge on any atom is 0.133 e. The van der Waals surface area contributed by atoms with Crippen LogP contribution in [0.5, 0.6) is 0 Å². The predicted molar refractivity (Wildman–Crippen MR) is 84.0 cm³/mol. The molecular formula is C15H22BrN3O. The highest BCUT2D eigenvalue weighted by Crippen LogP contribution is 2.33. The Balaban J connectivity index is 1.90. The van der Waals surface area contributed by atoms with Gasteiger partial charge in [-0.3, -0.25) is 0 Å². The zero-order chi connectivity index (χ0) is 13.9. The summed E-state index contributed by atoms with van der Waals surface area (Å²) in [4.78, 5) is 7.17. The predicted octanol–water partition coefficient (Wildman–Crippen LogP) is 2.71. The fraction of sp³-hybridized carbons (Fsp3) is 0.667. The van der Waals surface area contributed by atoms with Gasteiger partial charge in [0.05, 0.1) is 18.8 Å². The standard InChI is InChI=1S/C15H22BrN3O/c1-17-9-11-8-12(16)10-18-15(11)19-6-7-20-14-5-3-2-4-13(14)19/h8,10,13-14,17H,2-7,9H2,1H3. The number of rotatable bonds is 3. The molecule has 1 aromatic heterocycles. The normalized spacial score (nSPS) is 26.4. The first-order valence-electron chi connectivity index (χ1n) is 7.47. The lowest BCUT2D eigenvalue weighted by Crippen LogP contribution is -2.53. The highest BCUT2D eigenvalue weighted by atomic mass is 79.9. The molecular weight excluding hydrogens is 318 g/mol. The average Bonchev–Trinajstić information content (AvgIpc) is 2.47. The van der Waals surface area contributed by atoms with Gasteiger partial charge < -0.3 is 15.0 Å². The number of halogens is 1. The van der Waals surface area contributed by atoms with Crippen molar-refractivity contribution in [2.24, 2.45) is 0 Å². The summed E-state index contributed by atoms with van der Waals surface area (Å²) in [5.41, 5.74) is 1.26. The van der Waals surface area contributed by atoms with Crippen LogP contribution in [0.2, 0.25) is 0 Å². The number of pyridine rings is 1. The fourth-order valence-electron chi connectivity index (χ4n) is 3.41. The Hall–Kier alpha value is -0.650. The summed E-state index contributed by atoms with van der Waals surface area (Å²) in [6, 6.07) is 2.67. The molecule has 1 aromatic rings. The van der Waals surface area contributed by atoms with E-state index >= 15 is 0 Å². The molecule has 4 nitrogen and oxygen atoms in total. The molecule has 1 aliphatic heterocycles. The molecule has 2 unspecified atom stereocenters. The molecule has 0 radical (unpaired) electrons. The second kappa shape index (κ2) is 6.41. The van der Waals surface area contributed by atoms with Gasteiger partial charge in [0.15, 0.2) is 0 Å². The zero-order valence-corrected chi connectivity index (χ0v) is 13.5. The highest BCUT2D eigenvalue weighted by Gasteiger charge is 2.35. The van der Waals surface area contributed by atoms with Crippen molar-refractivity contribution in [2.75, 3.05) is 25.1 Å². The Bertz CT molecular complexity index is 466. The monoisotopic (exact) mass is 339 g/mol. The van der Waals surface area contributed by atoms with E-state index in [0.29, 0.717) is 12.1 Å². The van der Waals surface area contributed by atoms with Crippen LogP contribution in [0.4, 0.5) is 5.82 Å². The third kappa shape index (κ3) is 2.85. The van der Waals surface area contributed by atoms with Crippen molar-refractivity contribution in [3.63, 3.8) is 0 Å². The van der Waals surface area contributed by atoms with Crippen LogP contribution in [0.15, 0.2) is 16.7 Å². The number of nitrogens with zero attached hydrogens (tertiary/aromatic N) is 2. The number of morpholine rings is 1. The largest absolute Gasteiger partial charge is 0.374 e. The molecule has 1 N–H and O–H groups in total. The lowest BCUT2D eigenvalue weighted by atomic mass is 9.90. The summed E-state index contributed by atoms with van der Waals surface area (Å²) in [6.07, 6.45) is 7.32. The van der Waals surface area contributed by atoms with E-state index in [1.54, 1.807) is 0 Å². The number of fused-ring (bicyclic) bond motifs is 1. The highest BCUT2D eigenvalue weighted by molar-refractivity contribution is 9.10. The molecule has 5 heteroatoms. The Kier molecular flexibility index (Phi) is 4.58. The van der Waals surface area contributed by atoms with Crippen molar-refractivity contribution in [3.05, 3.63) is 22.3 Å². The van der Waals surface area contributed by atoms with Gasteiger partial charge in [0.2, 0.25) is 0 Å². The molecule has 0 amide bonds. The van der Waals surface area contributed by atoms with Crippen molar-refractivity contribution in [3.8, 4) is 0 Å². The molecule has 3 rings (SSSR count). The third-order valence-corrected chi connectivity index (χ3v) is 4.71. The smallest absolute Gasteiger partial charge is 0.133 e. The van der Waals surface area contributed by atoms with E-state index in [1.165, 1.54) is 31.2 Å². The molecule has 0 aromatic carbocycles. The first kappa shape index (κ1) is 14.3. The van der Waals surface area contributed by atoms with Gasteiger partial charge in [0.1, 0.15) is 5.82 Å². The van der Waals surface area contributed by atoms with Crippen LogP contribution in [-0.2, 0) is 11.3 Å². The topological polar surface area (TPSA) is 37.4 Å². The molecule has 2 atom stereocenters. The van der Waals surface area contributed by atoms with Crippen LogP contribution in [-0.4, -0.2) is 37.3 Å². The van der Waals surface area contributed by atoms with Gasteiger partial charge in [0, 0.05) is 29.3 Å². The van der Waals surface area contributed by atoms with Gasteiger partial charge in [-0.25, -0.2) is 4.98 Å². The summed E-state index contributed by atoms with van der Waals surface area (Å²) in [5, 5.41) is 3.24. The van der Waals surface area contributed by atoms with Crippen LogP contribution in [0, 0.1) is 0 Å². The number of anilines is 1. The molecule has 1 saturated carbocycles. The number of hydrogen-bond donors (Lipinski definition) is 1. The summed E-state index contributed by atoms with van der Waals surface area (Å²) in [7, 11) is 1.98. The minimum absolute atomic E-state index is 0.394. The second-order valence-corrected chi connectivity index (χ2v) is 6.54. The summed E-state index contributed by atoms with van der Waals surface area (Å²) in [5.74, 6) is 1.13. The van der Waals surface area contributed by atoms with E-state index < -0.39 is 0 Å². The molecule has 1 saturated heterocycles. The first-order chi connectivity index (χ1) is 9.79. The van der Waals surface area contributed by atoms with Crippen LogP contribution < -0.4 is 10.2 Å². The van der Waals surface area contributed by atoms with Gasteiger partial charge in [-0.05, 0) is 41.9 Å². The number of hydrogen-bond acceptors (Lipinski definition) is 4. The lowest BCUT2D eigenvalue weighted by molar-refractivity contribution is -0.00905. The molecule has 2 fully saturated rings. The van der Waals surface area contributed by atoms with Gasteiger partial charge in [0.25, 0.3) is 0 Å². The number of ether oxygens (including phenoxy) is 1. The number of aromatic nitrogens is 1. The third-order valence-electron chi connectivity index (χ3n) is 4.28. The van der Waals surface area contributed by atoms with Gasteiger partial charge >= 0.3 is 0 Å². The maximum absolute atomic E-state index is 5.96. The van der Waals surface area contributed by atoms with E-state index in [2.05, 4.69) is 32.2 Å². The van der Waals surface area contributed by atoms with Crippen molar-refractivity contribution < 1.29 is 4.74 Å². The van der Waals surface area contributed by atoms with Crippen LogP contribution in [0.3, 0.4) is 0 Å². The molecule has 0 bridgehead atoms. The minimum atomic E-state index is 0.394. The maximum atomic E-state index is 5.96. The van der Waals surface area contributed by atoms with Crippen LogP contribution in [0.25, 0.3) is 0 Å². The van der Waals surface area contributed by atoms with Crippen molar-refractivity contribution in [1.82, 2.24) is 10.3 Å². The van der Waals surface area contributed by atoms with Crippen molar-refractivity contribution in [2.45, 2.75) is 44.4 Å². The van der Waals surface area contributed by atoms with E-state index in [-0.39, 0.29) is 0 Å². The van der Waals surface area contributed by atoms with Gasteiger partial charge in [-0.2, -0.15) is 0 Å². The molecule has 20 heavy (non-hydrogen) atoms. The van der Waals surface area contributed by atoms with E-state index in [4.69, 9.17) is 9.72 Å². The molecule has 2 aliphatic rings. The average molecular weight is 340 g/mol. The van der Waals surface area contributed by atoms with Crippen molar-refractivity contribution in [1.29, 1.82) is 0 Å². The minimum Gasteiger partial charge on any atom is -0.374 e. The van der Waals surface area contributed by atoms with Crippen LogP contribution >= 0.6 is 15.9 Å².